The number of aromatic nitrogens is 2. The van der Waals surface area contributed by atoms with Gasteiger partial charge in [-0.3, -0.25) is 0 Å². The van der Waals surface area contributed by atoms with Gasteiger partial charge in [0.15, 0.2) is 0 Å². The molecule has 30 heavy (non-hydrogen) atoms. The average molecular weight is 429 g/mol. The Morgan fingerprint density at radius 3 is 2.37 bits per heavy atom. The first kappa shape index (κ1) is 20.7. The van der Waals surface area contributed by atoms with Gasteiger partial charge in [0.2, 0.25) is 5.95 Å². The number of amides is 2. The van der Waals surface area contributed by atoms with Crippen molar-refractivity contribution in [2.24, 2.45) is 0 Å². The van der Waals surface area contributed by atoms with Crippen LogP contribution in [0.1, 0.15) is 30.5 Å². The zero-order valence-corrected chi connectivity index (χ0v) is 18.5. The number of anilines is 3. The van der Waals surface area contributed by atoms with Crippen LogP contribution in [0.4, 0.5) is 22.2 Å². The first-order chi connectivity index (χ1) is 14.5. The Hall–Kier alpha value is -2.54. The van der Waals surface area contributed by atoms with E-state index in [-0.39, 0.29) is 6.03 Å². The Balaban J connectivity index is 1.37. The molecule has 8 heteroatoms. The van der Waals surface area contributed by atoms with Gasteiger partial charge in [-0.1, -0.05) is 17.7 Å². The second-order valence-electron chi connectivity index (χ2n) is 8.08. The van der Waals surface area contributed by atoms with Crippen molar-refractivity contribution in [1.29, 1.82) is 0 Å². The minimum Gasteiger partial charge on any atom is -0.356 e. The summed E-state index contributed by atoms with van der Waals surface area (Å²) in [7, 11) is 0. The highest BCUT2D eigenvalue weighted by molar-refractivity contribution is 6.31. The Labute approximate surface area is 183 Å². The van der Waals surface area contributed by atoms with E-state index >= 15 is 0 Å². The largest absolute Gasteiger partial charge is 0.356 e. The standard InChI is InChI=1S/C22H29ClN6O/c1-16-6-7-18(15-19(16)23)25-22(30)29-12-10-28(11-13-29)21-24-17(2)14-20(26-21)27-8-4-3-5-9-27/h6-7,14-15H,3-5,8-13H2,1-2H3,(H,25,30). The van der Waals surface area contributed by atoms with Crippen LogP contribution in [0.2, 0.25) is 5.02 Å². The van der Waals surface area contributed by atoms with Crippen LogP contribution in [-0.2, 0) is 0 Å². The number of nitrogens with zero attached hydrogens (tertiary/aromatic N) is 5. The topological polar surface area (TPSA) is 64.6 Å². The predicted octanol–water partition coefficient (Wildman–Crippen LogP) is 4.09. The predicted molar refractivity (Wildman–Crippen MR) is 122 cm³/mol. The van der Waals surface area contributed by atoms with Crippen LogP contribution < -0.4 is 15.1 Å². The molecule has 4 rings (SSSR count). The van der Waals surface area contributed by atoms with Crippen LogP contribution in [-0.4, -0.2) is 60.2 Å². The van der Waals surface area contributed by atoms with Crippen LogP contribution in [0.15, 0.2) is 24.3 Å². The van der Waals surface area contributed by atoms with E-state index in [1.54, 1.807) is 6.07 Å². The lowest BCUT2D eigenvalue weighted by Crippen LogP contribution is -2.50. The number of carbonyl (C=O) groups excluding carboxylic acids is 1. The van der Waals surface area contributed by atoms with Crippen LogP contribution in [0, 0.1) is 13.8 Å². The number of piperidine rings is 1. The third-order valence-electron chi connectivity index (χ3n) is 5.78. The summed E-state index contributed by atoms with van der Waals surface area (Å²) in [6.07, 6.45) is 3.74. The molecule has 2 aliphatic rings. The van der Waals surface area contributed by atoms with Crippen molar-refractivity contribution in [2.75, 3.05) is 54.4 Å². The maximum Gasteiger partial charge on any atom is 0.321 e. The quantitative estimate of drug-likeness (QED) is 0.797. The van der Waals surface area contributed by atoms with E-state index < -0.39 is 0 Å². The van der Waals surface area contributed by atoms with E-state index in [1.807, 2.05) is 30.9 Å². The SMILES string of the molecule is Cc1cc(N2CCCCC2)nc(N2CCN(C(=O)Nc3ccc(C)c(Cl)c3)CC2)n1. The van der Waals surface area contributed by atoms with Crippen LogP contribution in [0.3, 0.4) is 0 Å². The number of nitrogens with one attached hydrogen (secondary N) is 1. The highest BCUT2D eigenvalue weighted by Crippen LogP contribution is 2.23. The number of benzene rings is 1. The summed E-state index contributed by atoms with van der Waals surface area (Å²) in [6.45, 7) is 8.77. The fourth-order valence-corrected chi connectivity index (χ4v) is 4.13. The number of hydrogen-bond donors (Lipinski definition) is 1. The van der Waals surface area contributed by atoms with E-state index in [2.05, 4.69) is 26.2 Å². The summed E-state index contributed by atoms with van der Waals surface area (Å²) in [4.78, 5) is 28.5. The van der Waals surface area contributed by atoms with Crippen molar-refractivity contribution in [3.63, 3.8) is 0 Å². The molecule has 2 fully saturated rings. The first-order valence-electron chi connectivity index (χ1n) is 10.7. The second-order valence-corrected chi connectivity index (χ2v) is 8.49. The van der Waals surface area contributed by atoms with Gasteiger partial charge >= 0.3 is 6.03 Å². The zero-order valence-electron chi connectivity index (χ0n) is 17.7. The van der Waals surface area contributed by atoms with E-state index in [0.717, 1.165) is 36.1 Å². The molecule has 1 N–H and O–H groups in total. The molecular formula is C22H29ClN6O. The number of hydrogen-bond acceptors (Lipinski definition) is 5. The van der Waals surface area contributed by atoms with Gasteiger partial charge in [-0.05, 0) is 50.8 Å². The maximum atomic E-state index is 12.6. The lowest BCUT2D eigenvalue weighted by molar-refractivity contribution is 0.208. The average Bonchev–Trinajstić information content (AvgIpc) is 2.76. The van der Waals surface area contributed by atoms with Gasteiger partial charge in [-0.2, -0.15) is 4.98 Å². The maximum absolute atomic E-state index is 12.6. The number of halogens is 1. The van der Waals surface area contributed by atoms with Gasteiger partial charge in [0.1, 0.15) is 5.82 Å². The van der Waals surface area contributed by atoms with E-state index in [0.29, 0.717) is 36.9 Å². The third-order valence-corrected chi connectivity index (χ3v) is 6.19. The Morgan fingerprint density at radius 1 is 0.933 bits per heavy atom. The Kier molecular flexibility index (Phi) is 6.27. The summed E-state index contributed by atoms with van der Waals surface area (Å²) in [5.41, 5.74) is 2.69. The third kappa shape index (κ3) is 4.78. The summed E-state index contributed by atoms with van der Waals surface area (Å²) in [5, 5.41) is 3.59. The molecule has 2 aromatic rings. The molecular weight excluding hydrogens is 400 g/mol. The molecule has 7 nitrogen and oxygen atoms in total. The molecule has 0 bridgehead atoms. The molecule has 2 saturated heterocycles. The summed E-state index contributed by atoms with van der Waals surface area (Å²) >= 11 is 6.16. The number of rotatable bonds is 3. The lowest BCUT2D eigenvalue weighted by atomic mass is 10.1. The highest BCUT2D eigenvalue weighted by Gasteiger charge is 2.24. The molecule has 160 valence electrons. The molecule has 3 heterocycles. The van der Waals surface area contributed by atoms with Crippen molar-refractivity contribution >= 4 is 35.1 Å². The number of piperazine rings is 1. The van der Waals surface area contributed by atoms with Gasteiger partial charge in [-0.15, -0.1) is 0 Å². The molecule has 0 spiro atoms. The van der Waals surface area contributed by atoms with Crippen molar-refractivity contribution in [2.45, 2.75) is 33.1 Å². The van der Waals surface area contributed by atoms with Gasteiger partial charge in [0.05, 0.1) is 0 Å². The molecule has 2 amide bonds. The molecule has 1 aromatic heterocycles. The molecule has 0 radical (unpaired) electrons. The molecule has 1 aromatic carbocycles. The first-order valence-corrected chi connectivity index (χ1v) is 11.0. The zero-order chi connectivity index (χ0) is 21.1. The Morgan fingerprint density at radius 2 is 1.67 bits per heavy atom. The lowest BCUT2D eigenvalue weighted by Gasteiger charge is -2.35. The molecule has 2 aliphatic heterocycles. The molecule has 0 atom stereocenters. The minimum atomic E-state index is -0.103. The van der Waals surface area contributed by atoms with Crippen LogP contribution in [0.5, 0.6) is 0 Å². The van der Waals surface area contributed by atoms with E-state index in [9.17, 15) is 4.79 Å². The summed E-state index contributed by atoms with van der Waals surface area (Å²) in [6, 6.07) is 7.54. The molecule has 0 aliphatic carbocycles. The van der Waals surface area contributed by atoms with Gasteiger partial charge in [0.25, 0.3) is 0 Å². The second kappa shape index (κ2) is 9.08. The monoisotopic (exact) mass is 428 g/mol. The van der Waals surface area contributed by atoms with Crippen molar-refractivity contribution in [3.8, 4) is 0 Å². The number of carbonyl (C=O) groups is 1. The number of aryl methyl sites for hydroxylation is 2. The van der Waals surface area contributed by atoms with Crippen molar-refractivity contribution in [1.82, 2.24) is 14.9 Å². The number of urea groups is 1. The van der Waals surface area contributed by atoms with Crippen molar-refractivity contribution in [3.05, 3.63) is 40.5 Å². The minimum absolute atomic E-state index is 0.103. The van der Waals surface area contributed by atoms with Crippen LogP contribution in [0.25, 0.3) is 0 Å². The van der Waals surface area contributed by atoms with Gasteiger partial charge in [0, 0.05) is 61.7 Å². The van der Waals surface area contributed by atoms with Gasteiger partial charge < -0.3 is 20.0 Å². The highest BCUT2D eigenvalue weighted by atomic mass is 35.5. The summed E-state index contributed by atoms with van der Waals surface area (Å²) in [5.74, 6) is 1.79. The smallest absolute Gasteiger partial charge is 0.321 e. The van der Waals surface area contributed by atoms with E-state index in [1.165, 1.54) is 19.3 Å². The summed E-state index contributed by atoms with van der Waals surface area (Å²) < 4.78 is 0. The fourth-order valence-electron chi connectivity index (χ4n) is 3.95. The molecule has 0 saturated carbocycles. The Bertz CT molecular complexity index is 906. The normalized spacial score (nSPS) is 17.2. The van der Waals surface area contributed by atoms with E-state index in [4.69, 9.17) is 16.6 Å². The van der Waals surface area contributed by atoms with Crippen LogP contribution >= 0.6 is 11.6 Å². The van der Waals surface area contributed by atoms with Crippen molar-refractivity contribution < 1.29 is 4.79 Å². The molecule has 0 unspecified atom stereocenters. The fraction of sp³-hybridized carbons (Fsp3) is 0.500. The van der Waals surface area contributed by atoms with Gasteiger partial charge in [-0.25, -0.2) is 9.78 Å².